The molecule has 0 fully saturated rings. The van der Waals surface area contributed by atoms with E-state index in [9.17, 15) is 0 Å². The smallest absolute Gasteiger partial charge is 0.0363 e. The standard InChI is InChI=1S/C17H21IN2/c1-20(17-6-3-2-4-7-17)13-5-12-19-14-15-8-10-16(18)11-9-15/h2-4,6-11,19H,5,12-14H2,1H3. The number of halogens is 1. The highest BCUT2D eigenvalue weighted by atomic mass is 127. The van der Waals surface area contributed by atoms with Gasteiger partial charge in [0.05, 0.1) is 0 Å². The van der Waals surface area contributed by atoms with Gasteiger partial charge >= 0.3 is 0 Å². The molecule has 0 aliphatic heterocycles. The number of para-hydroxylation sites is 1. The molecular weight excluding hydrogens is 359 g/mol. The molecule has 0 spiro atoms. The van der Waals surface area contributed by atoms with Crippen molar-refractivity contribution in [3.05, 3.63) is 63.7 Å². The third kappa shape index (κ3) is 5.13. The minimum atomic E-state index is 0.950. The fraction of sp³-hybridized carbons (Fsp3) is 0.294. The molecule has 0 saturated heterocycles. The Morgan fingerprint density at radius 3 is 2.40 bits per heavy atom. The first kappa shape index (κ1) is 15.3. The van der Waals surface area contributed by atoms with E-state index in [-0.39, 0.29) is 0 Å². The molecule has 0 aromatic heterocycles. The van der Waals surface area contributed by atoms with Crippen molar-refractivity contribution in [2.75, 3.05) is 25.0 Å². The van der Waals surface area contributed by atoms with Gasteiger partial charge in [0, 0.05) is 29.4 Å². The van der Waals surface area contributed by atoms with E-state index in [1.54, 1.807) is 0 Å². The van der Waals surface area contributed by atoms with E-state index in [0.29, 0.717) is 0 Å². The van der Waals surface area contributed by atoms with Crippen LogP contribution in [0.3, 0.4) is 0 Å². The average Bonchev–Trinajstić information content (AvgIpc) is 2.49. The molecule has 20 heavy (non-hydrogen) atoms. The zero-order valence-electron chi connectivity index (χ0n) is 11.8. The number of hydrogen-bond donors (Lipinski definition) is 1. The van der Waals surface area contributed by atoms with Crippen molar-refractivity contribution in [3.63, 3.8) is 0 Å². The van der Waals surface area contributed by atoms with Gasteiger partial charge in [-0.15, -0.1) is 0 Å². The van der Waals surface area contributed by atoms with Gasteiger partial charge in [-0.3, -0.25) is 0 Å². The molecule has 0 saturated carbocycles. The van der Waals surface area contributed by atoms with Gasteiger partial charge in [0.1, 0.15) is 0 Å². The van der Waals surface area contributed by atoms with E-state index in [4.69, 9.17) is 0 Å². The fourth-order valence-electron chi connectivity index (χ4n) is 2.09. The molecule has 2 rings (SSSR count). The molecule has 0 heterocycles. The Hall–Kier alpha value is -1.07. The van der Waals surface area contributed by atoms with Crippen LogP contribution in [0.15, 0.2) is 54.6 Å². The zero-order valence-corrected chi connectivity index (χ0v) is 14.0. The van der Waals surface area contributed by atoms with Gasteiger partial charge in [-0.1, -0.05) is 30.3 Å². The number of benzene rings is 2. The molecule has 3 heteroatoms. The monoisotopic (exact) mass is 380 g/mol. The van der Waals surface area contributed by atoms with Crippen molar-refractivity contribution in [3.8, 4) is 0 Å². The molecule has 0 amide bonds. The third-order valence-corrected chi connectivity index (χ3v) is 4.01. The first-order valence-corrected chi connectivity index (χ1v) is 8.05. The van der Waals surface area contributed by atoms with Crippen molar-refractivity contribution in [1.29, 1.82) is 0 Å². The fourth-order valence-corrected chi connectivity index (χ4v) is 2.45. The highest BCUT2D eigenvalue weighted by molar-refractivity contribution is 14.1. The van der Waals surface area contributed by atoms with Crippen LogP contribution in [0.5, 0.6) is 0 Å². The summed E-state index contributed by atoms with van der Waals surface area (Å²) < 4.78 is 1.29. The second kappa shape index (κ2) is 8.27. The van der Waals surface area contributed by atoms with E-state index in [1.165, 1.54) is 14.8 Å². The Bertz CT molecular complexity index is 496. The van der Waals surface area contributed by atoms with Crippen molar-refractivity contribution in [1.82, 2.24) is 5.32 Å². The minimum absolute atomic E-state index is 0.950. The van der Waals surface area contributed by atoms with Crippen LogP contribution in [0, 0.1) is 3.57 Å². The van der Waals surface area contributed by atoms with Crippen LogP contribution in [0.4, 0.5) is 5.69 Å². The van der Waals surface area contributed by atoms with E-state index in [1.807, 2.05) is 0 Å². The number of rotatable bonds is 7. The van der Waals surface area contributed by atoms with E-state index < -0.39 is 0 Å². The van der Waals surface area contributed by atoms with Crippen LogP contribution in [-0.2, 0) is 6.54 Å². The van der Waals surface area contributed by atoms with Crippen molar-refractivity contribution < 1.29 is 0 Å². The average molecular weight is 380 g/mol. The summed E-state index contributed by atoms with van der Waals surface area (Å²) in [6.07, 6.45) is 1.15. The quantitative estimate of drug-likeness (QED) is 0.579. The lowest BCUT2D eigenvalue weighted by Crippen LogP contribution is -2.23. The van der Waals surface area contributed by atoms with Crippen LogP contribution >= 0.6 is 22.6 Å². The minimum Gasteiger partial charge on any atom is -0.375 e. The maximum atomic E-state index is 3.50. The Morgan fingerprint density at radius 2 is 1.70 bits per heavy atom. The normalized spacial score (nSPS) is 10.5. The second-order valence-corrected chi connectivity index (χ2v) is 6.16. The SMILES string of the molecule is CN(CCCNCc1ccc(I)cc1)c1ccccc1. The second-order valence-electron chi connectivity index (χ2n) is 4.91. The summed E-state index contributed by atoms with van der Waals surface area (Å²) >= 11 is 2.33. The summed E-state index contributed by atoms with van der Waals surface area (Å²) in [6, 6.07) is 19.2. The summed E-state index contributed by atoms with van der Waals surface area (Å²) in [5.74, 6) is 0. The topological polar surface area (TPSA) is 15.3 Å². The van der Waals surface area contributed by atoms with Gasteiger partial charge in [0.2, 0.25) is 0 Å². The third-order valence-electron chi connectivity index (χ3n) is 3.29. The first-order chi connectivity index (χ1) is 9.75. The van der Waals surface area contributed by atoms with Crippen LogP contribution in [0.2, 0.25) is 0 Å². The van der Waals surface area contributed by atoms with Crippen LogP contribution in [0.1, 0.15) is 12.0 Å². The molecule has 2 aromatic carbocycles. The molecule has 2 nitrogen and oxygen atoms in total. The van der Waals surface area contributed by atoms with Crippen LogP contribution < -0.4 is 10.2 Å². The Labute approximate surface area is 135 Å². The van der Waals surface area contributed by atoms with Crippen molar-refractivity contribution in [2.24, 2.45) is 0 Å². The summed E-state index contributed by atoms with van der Waals surface area (Å²) in [7, 11) is 2.15. The molecule has 0 bridgehead atoms. The first-order valence-electron chi connectivity index (χ1n) is 6.97. The molecule has 0 aliphatic rings. The maximum Gasteiger partial charge on any atom is 0.0363 e. The lowest BCUT2D eigenvalue weighted by molar-refractivity contribution is 0.646. The lowest BCUT2D eigenvalue weighted by atomic mass is 10.2. The Morgan fingerprint density at radius 1 is 1.00 bits per heavy atom. The highest BCUT2D eigenvalue weighted by Gasteiger charge is 1.99. The van der Waals surface area contributed by atoms with E-state index in [0.717, 1.165) is 26.1 Å². The van der Waals surface area contributed by atoms with Gasteiger partial charge in [-0.05, 0) is 65.4 Å². The molecule has 0 radical (unpaired) electrons. The molecule has 106 valence electrons. The van der Waals surface area contributed by atoms with Gasteiger partial charge in [-0.25, -0.2) is 0 Å². The maximum absolute atomic E-state index is 3.50. The number of nitrogens with zero attached hydrogens (tertiary/aromatic N) is 1. The number of hydrogen-bond acceptors (Lipinski definition) is 2. The molecule has 0 unspecified atom stereocenters. The zero-order chi connectivity index (χ0) is 14.2. The predicted molar refractivity (Wildman–Crippen MR) is 95.2 cm³/mol. The molecule has 1 N–H and O–H groups in total. The lowest BCUT2D eigenvalue weighted by Gasteiger charge is -2.19. The summed E-state index contributed by atoms with van der Waals surface area (Å²) in [5.41, 5.74) is 2.63. The largest absolute Gasteiger partial charge is 0.375 e. The summed E-state index contributed by atoms with van der Waals surface area (Å²) in [5, 5.41) is 3.50. The highest BCUT2D eigenvalue weighted by Crippen LogP contribution is 2.10. The van der Waals surface area contributed by atoms with Crippen molar-refractivity contribution >= 4 is 28.3 Å². The van der Waals surface area contributed by atoms with Gasteiger partial charge in [0.25, 0.3) is 0 Å². The predicted octanol–water partition coefficient (Wildman–Crippen LogP) is 3.91. The summed E-state index contributed by atoms with van der Waals surface area (Å²) in [6.45, 7) is 3.07. The summed E-state index contributed by atoms with van der Waals surface area (Å²) in [4.78, 5) is 2.30. The van der Waals surface area contributed by atoms with Crippen LogP contribution in [-0.4, -0.2) is 20.1 Å². The van der Waals surface area contributed by atoms with Crippen molar-refractivity contribution in [2.45, 2.75) is 13.0 Å². The van der Waals surface area contributed by atoms with E-state index in [2.05, 4.69) is 94.5 Å². The van der Waals surface area contributed by atoms with Gasteiger partial charge < -0.3 is 10.2 Å². The Kier molecular flexibility index (Phi) is 6.33. The number of anilines is 1. The number of nitrogens with one attached hydrogen (secondary N) is 1. The van der Waals surface area contributed by atoms with Crippen LogP contribution in [0.25, 0.3) is 0 Å². The van der Waals surface area contributed by atoms with Gasteiger partial charge in [-0.2, -0.15) is 0 Å². The van der Waals surface area contributed by atoms with E-state index >= 15 is 0 Å². The molecular formula is C17H21IN2. The molecule has 0 atom stereocenters. The van der Waals surface area contributed by atoms with Gasteiger partial charge in [0.15, 0.2) is 0 Å². The molecule has 2 aromatic rings. The Balaban J connectivity index is 1.63. The molecule has 0 aliphatic carbocycles.